The number of ether oxygens (including phenoxy) is 6. The molecule has 0 heterocycles. The zero-order valence-electron chi connectivity index (χ0n) is 30.5. The van der Waals surface area contributed by atoms with Gasteiger partial charge < -0.3 is 38.6 Å². The van der Waals surface area contributed by atoms with Crippen LogP contribution in [0.5, 0.6) is 46.0 Å². The van der Waals surface area contributed by atoms with E-state index in [0.717, 1.165) is 0 Å². The van der Waals surface area contributed by atoms with Crippen LogP contribution in [0.15, 0.2) is 97.1 Å². The van der Waals surface area contributed by atoms with Crippen molar-refractivity contribution in [2.24, 2.45) is 0 Å². The van der Waals surface area contributed by atoms with Gasteiger partial charge in [0.2, 0.25) is 0 Å². The molecule has 56 heavy (non-hydrogen) atoms. The minimum absolute atomic E-state index is 0.0188. The zero-order chi connectivity index (χ0) is 40.1. The number of benzene rings is 4. The summed E-state index contributed by atoms with van der Waals surface area (Å²) < 4.78 is 31.6. The minimum atomic E-state index is -0.540. The molecule has 14 heteroatoms. The molecule has 0 spiro atoms. The Morgan fingerprint density at radius 3 is 0.732 bits per heavy atom. The Hall–Kier alpha value is -6.70. The van der Waals surface area contributed by atoms with Crippen LogP contribution in [0.4, 0.5) is 0 Å². The van der Waals surface area contributed by atoms with Gasteiger partial charge >= 0.3 is 35.8 Å². The lowest BCUT2D eigenvalue weighted by molar-refractivity contribution is -0.137. The number of phenolic OH excluding ortho intramolecular Hbond substituents is 2. The van der Waals surface area contributed by atoms with Crippen LogP contribution in [0.3, 0.4) is 0 Å². The summed E-state index contributed by atoms with van der Waals surface area (Å²) in [6.07, 6.45) is 2.55. The summed E-state index contributed by atoms with van der Waals surface area (Å²) in [7, 11) is 0. The van der Waals surface area contributed by atoms with Gasteiger partial charge in [0, 0.05) is 62.8 Å². The molecule has 0 aliphatic carbocycles. The van der Waals surface area contributed by atoms with Crippen molar-refractivity contribution >= 4 is 35.8 Å². The molecular weight excluding hydrogens is 728 g/mol. The third-order valence-electron chi connectivity index (χ3n) is 7.67. The highest BCUT2D eigenvalue weighted by Gasteiger charge is 2.13. The van der Waals surface area contributed by atoms with E-state index in [1.165, 1.54) is 48.5 Å². The summed E-state index contributed by atoms with van der Waals surface area (Å²) >= 11 is 0. The smallest absolute Gasteiger partial charge is 0.311 e. The Morgan fingerprint density at radius 2 is 0.518 bits per heavy atom. The maximum Gasteiger partial charge on any atom is 0.311 e. The van der Waals surface area contributed by atoms with E-state index in [1.807, 2.05) is 0 Å². The van der Waals surface area contributed by atoms with E-state index in [4.69, 9.17) is 28.4 Å². The van der Waals surface area contributed by atoms with Gasteiger partial charge in [0.25, 0.3) is 0 Å². The van der Waals surface area contributed by atoms with Crippen LogP contribution < -0.4 is 28.4 Å². The molecule has 0 amide bonds. The molecule has 0 fully saturated rings. The maximum absolute atomic E-state index is 12.4. The number of esters is 6. The molecule has 14 nitrogen and oxygen atoms in total. The number of unbranched alkanes of at least 4 members (excludes halogenated alkanes) is 3. The van der Waals surface area contributed by atoms with Crippen molar-refractivity contribution in [3.8, 4) is 46.0 Å². The molecular formula is C42H42O14. The monoisotopic (exact) mass is 770 g/mol. The van der Waals surface area contributed by atoms with Gasteiger partial charge in [0.05, 0.1) is 0 Å². The lowest BCUT2D eigenvalue weighted by Gasteiger charge is -2.09. The van der Waals surface area contributed by atoms with E-state index < -0.39 is 35.8 Å². The van der Waals surface area contributed by atoms with Crippen molar-refractivity contribution in [1.82, 2.24) is 0 Å². The van der Waals surface area contributed by atoms with E-state index in [-0.39, 0.29) is 84.5 Å². The summed E-state index contributed by atoms with van der Waals surface area (Å²) in [5, 5.41) is 18.9. The quantitative estimate of drug-likeness (QED) is 0.0486. The molecule has 4 aromatic rings. The SMILES string of the molecule is O=C(CCCCC(=O)Oc1cccc(OC(=O)CCCCC(=O)Oc2cccc(OC(=O)CCCCC(=O)Oc3cccc(O)c3)c2)c1)Oc1cccc(O)c1. The van der Waals surface area contributed by atoms with Crippen LogP contribution in [0, 0.1) is 0 Å². The second kappa shape index (κ2) is 22.5. The molecule has 0 saturated carbocycles. The van der Waals surface area contributed by atoms with Crippen molar-refractivity contribution in [1.29, 1.82) is 0 Å². The van der Waals surface area contributed by atoms with Crippen molar-refractivity contribution in [3.05, 3.63) is 97.1 Å². The molecule has 0 saturated heterocycles. The van der Waals surface area contributed by atoms with Gasteiger partial charge in [-0.15, -0.1) is 0 Å². The fraction of sp³-hybridized carbons (Fsp3) is 0.286. The second-order valence-electron chi connectivity index (χ2n) is 12.4. The Morgan fingerprint density at radius 1 is 0.321 bits per heavy atom. The standard InChI is InChI=1S/C42H42O14/c43-29-11-7-13-31(25-29)51-37(45)19-1-3-21-39(47)53-33-15-9-17-35(27-33)55-41(49)23-5-6-24-42(50)56-36-18-10-16-34(28-36)54-40(48)22-4-2-20-38(46)52-32-14-8-12-30(44)26-32/h7-18,25-28,43-44H,1-6,19-24H2. The topological polar surface area (TPSA) is 198 Å². The third-order valence-corrected chi connectivity index (χ3v) is 7.67. The average Bonchev–Trinajstić information content (AvgIpc) is 3.14. The van der Waals surface area contributed by atoms with Gasteiger partial charge in [0.1, 0.15) is 46.0 Å². The molecule has 4 rings (SSSR count). The fourth-order valence-corrected chi connectivity index (χ4v) is 5.01. The normalized spacial score (nSPS) is 10.5. The Bertz CT molecular complexity index is 1830. The fourth-order valence-electron chi connectivity index (χ4n) is 5.01. The summed E-state index contributed by atoms with van der Waals surface area (Å²) in [5.74, 6) is -1.94. The number of hydrogen-bond donors (Lipinski definition) is 2. The van der Waals surface area contributed by atoms with Gasteiger partial charge in [-0.25, -0.2) is 0 Å². The summed E-state index contributed by atoms with van der Waals surface area (Å²) in [5.41, 5.74) is 0. The molecule has 0 unspecified atom stereocenters. The third kappa shape index (κ3) is 16.5. The molecule has 4 aromatic carbocycles. The molecule has 0 aliphatic rings. The molecule has 0 bridgehead atoms. The lowest BCUT2D eigenvalue weighted by atomic mass is 10.2. The first-order valence-electron chi connectivity index (χ1n) is 18.0. The van der Waals surface area contributed by atoms with Crippen molar-refractivity contribution in [3.63, 3.8) is 0 Å². The van der Waals surface area contributed by atoms with Gasteiger partial charge in [-0.3, -0.25) is 28.8 Å². The number of phenols is 2. The van der Waals surface area contributed by atoms with Gasteiger partial charge in [-0.05, 0) is 87.1 Å². The molecule has 0 atom stereocenters. The van der Waals surface area contributed by atoms with Gasteiger partial charge in [0.15, 0.2) is 0 Å². The van der Waals surface area contributed by atoms with E-state index in [1.54, 1.807) is 48.5 Å². The first kappa shape index (κ1) is 42.0. The Labute approximate surface area is 322 Å². The van der Waals surface area contributed by atoms with E-state index >= 15 is 0 Å². The summed E-state index contributed by atoms with van der Waals surface area (Å²) in [6.45, 7) is 0. The lowest BCUT2D eigenvalue weighted by Crippen LogP contribution is -2.11. The minimum Gasteiger partial charge on any atom is -0.508 e. The first-order chi connectivity index (χ1) is 27.0. The Balaban J connectivity index is 1.05. The number of carbonyl (C=O) groups excluding carboxylic acids is 6. The molecule has 0 aliphatic heterocycles. The Kier molecular flexibility index (Phi) is 16.9. The molecule has 294 valence electrons. The predicted octanol–water partition coefficient (Wildman–Crippen LogP) is 7.31. The highest BCUT2D eigenvalue weighted by Crippen LogP contribution is 2.24. The highest BCUT2D eigenvalue weighted by molar-refractivity contribution is 5.76. The van der Waals surface area contributed by atoms with E-state index in [0.29, 0.717) is 38.5 Å². The van der Waals surface area contributed by atoms with Crippen LogP contribution in [0.2, 0.25) is 0 Å². The highest BCUT2D eigenvalue weighted by atomic mass is 16.6. The summed E-state index contributed by atoms with van der Waals surface area (Å²) in [4.78, 5) is 73.3. The van der Waals surface area contributed by atoms with Gasteiger partial charge in [-0.2, -0.15) is 0 Å². The average molecular weight is 771 g/mol. The molecule has 0 aromatic heterocycles. The number of rotatable bonds is 21. The van der Waals surface area contributed by atoms with Crippen LogP contribution in [-0.4, -0.2) is 46.0 Å². The van der Waals surface area contributed by atoms with E-state index in [2.05, 4.69) is 0 Å². The first-order valence-corrected chi connectivity index (χ1v) is 18.0. The molecule has 2 N–H and O–H groups in total. The second-order valence-corrected chi connectivity index (χ2v) is 12.4. The van der Waals surface area contributed by atoms with Crippen molar-refractivity contribution in [2.75, 3.05) is 0 Å². The zero-order valence-corrected chi connectivity index (χ0v) is 30.5. The van der Waals surface area contributed by atoms with Crippen LogP contribution in [0.1, 0.15) is 77.0 Å². The number of aromatic hydroxyl groups is 2. The van der Waals surface area contributed by atoms with Crippen LogP contribution >= 0.6 is 0 Å². The van der Waals surface area contributed by atoms with Crippen LogP contribution in [-0.2, 0) is 28.8 Å². The van der Waals surface area contributed by atoms with Crippen molar-refractivity contribution in [2.45, 2.75) is 77.0 Å². The number of hydrogen-bond acceptors (Lipinski definition) is 14. The van der Waals surface area contributed by atoms with E-state index in [9.17, 15) is 39.0 Å². The maximum atomic E-state index is 12.4. The summed E-state index contributed by atoms with van der Waals surface area (Å²) in [6, 6.07) is 23.9. The van der Waals surface area contributed by atoms with Gasteiger partial charge in [-0.1, -0.05) is 24.3 Å². The van der Waals surface area contributed by atoms with Crippen molar-refractivity contribution < 1.29 is 67.4 Å². The predicted molar refractivity (Wildman–Crippen MR) is 198 cm³/mol. The number of carbonyl (C=O) groups is 6. The molecule has 0 radical (unpaired) electrons. The largest absolute Gasteiger partial charge is 0.508 e. The van der Waals surface area contributed by atoms with Crippen LogP contribution in [0.25, 0.3) is 0 Å².